The van der Waals surface area contributed by atoms with Gasteiger partial charge in [-0.15, -0.1) is 0 Å². The van der Waals surface area contributed by atoms with Crippen LogP contribution in [0.2, 0.25) is 0 Å². The summed E-state index contributed by atoms with van der Waals surface area (Å²) in [5.41, 5.74) is -0.266. The van der Waals surface area contributed by atoms with Gasteiger partial charge in [0.2, 0.25) is 0 Å². The largest absolute Gasteiger partial charge is 0.360 e. The van der Waals surface area contributed by atoms with Gasteiger partial charge in [-0.3, -0.25) is 14.9 Å². The van der Waals surface area contributed by atoms with Crippen molar-refractivity contribution >= 4 is 23.7 Å². The molecule has 144 valence electrons. The standard InChI is InChI=1S/C17H27N5O4/c1-11-9-13(21-26-11)19-15(24)14(23)18-10-12-5-7-22(8-6-12)16(25)20-17(2,3)4/h9,12H,5-8,10H2,1-4H3,(H,18,23)(H,20,25)(H,19,21,24). The summed E-state index contributed by atoms with van der Waals surface area (Å²) in [5, 5.41) is 11.6. The van der Waals surface area contributed by atoms with Crippen LogP contribution < -0.4 is 16.0 Å². The van der Waals surface area contributed by atoms with Crippen molar-refractivity contribution in [2.24, 2.45) is 5.92 Å². The Kier molecular flexibility index (Phi) is 6.23. The van der Waals surface area contributed by atoms with E-state index in [1.54, 1.807) is 11.8 Å². The molecule has 0 aliphatic carbocycles. The van der Waals surface area contributed by atoms with Gasteiger partial charge in [-0.2, -0.15) is 0 Å². The van der Waals surface area contributed by atoms with Crippen LogP contribution in [0.15, 0.2) is 10.6 Å². The van der Waals surface area contributed by atoms with Gasteiger partial charge in [0.1, 0.15) is 5.76 Å². The Bertz CT molecular complexity index is 656. The number of piperidine rings is 1. The van der Waals surface area contributed by atoms with Gasteiger partial charge in [0.15, 0.2) is 5.82 Å². The summed E-state index contributed by atoms with van der Waals surface area (Å²) in [5.74, 6) is -0.498. The maximum atomic E-state index is 12.1. The molecule has 1 aromatic rings. The Morgan fingerprint density at radius 2 is 1.88 bits per heavy atom. The SMILES string of the molecule is Cc1cc(NC(=O)C(=O)NCC2CCN(C(=O)NC(C)(C)C)CC2)no1. The molecule has 2 heterocycles. The first-order valence-corrected chi connectivity index (χ1v) is 8.73. The number of nitrogens with zero attached hydrogens (tertiary/aromatic N) is 2. The van der Waals surface area contributed by atoms with E-state index >= 15 is 0 Å². The predicted molar refractivity (Wildman–Crippen MR) is 95.5 cm³/mol. The van der Waals surface area contributed by atoms with Crippen LogP contribution in [0.25, 0.3) is 0 Å². The molecule has 0 spiro atoms. The summed E-state index contributed by atoms with van der Waals surface area (Å²) >= 11 is 0. The van der Waals surface area contributed by atoms with E-state index in [4.69, 9.17) is 4.52 Å². The highest BCUT2D eigenvalue weighted by molar-refractivity contribution is 6.39. The number of aromatic nitrogens is 1. The van der Waals surface area contributed by atoms with E-state index in [-0.39, 0.29) is 23.3 Å². The Labute approximate surface area is 152 Å². The predicted octanol–water partition coefficient (Wildman–Crippen LogP) is 1.26. The number of hydrogen-bond acceptors (Lipinski definition) is 5. The number of anilines is 1. The van der Waals surface area contributed by atoms with E-state index in [1.807, 2.05) is 20.8 Å². The number of likely N-dealkylation sites (tertiary alicyclic amines) is 1. The zero-order valence-corrected chi connectivity index (χ0v) is 15.7. The monoisotopic (exact) mass is 365 g/mol. The number of hydrogen-bond donors (Lipinski definition) is 3. The second-order valence-corrected chi connectivity index (χ2v) is 7.60. The van der Waals surface area contributed by atoms with Crippen molar-refractivity contribution < 1.29 is 18.9 Å². The van der Waals surface area contributed by atoms with Gasteiger partial charge in [-0.05, 0) is 46.5 Å². The zero-order valence-electron chi connectivity index (χ0n) is 15.7. The summed E-state index contributed by atoms with van der Waals surface area (Å²) in [6, 6.07) is 1.46. The first-order chi connectivity index (χ1) is 12.1. The lowest BCUT2D eigenvalue weighted by Crippen LogP contribution is -2.51. The van der Waals surface area contributed by atoms with E-state index < -0.39 is 11.8 Å². The van der Waals surface area contributed by atoms with Gasteiger partial charge in [-0.25, -0.2) is 4.79 Å². The van der Waals surface area contributed by atoms with Crippen LogP contribution in [0.3, 0.4) is 0 Å². The van der Waals surface area contributed by atoms with Crippen molar-refractivity contribution in [3.8, 4) is 0 Å². The fourth-order valence-electron chi connectivity index (χ4n) is 2.66. The number of urea groups is 1. The topological polar surface area (TPSA) is 117 Å². The fraction of sp³-hybridized carbons (Fsp3) is 0.647. The van der Waals surface area contributed by atoms with Crippen molar-refractivity contribution in [3.63, 3.8) is 0 Å². The summed E-state index contributed by atoms with van der Waals surface area (Å²) < 4.78 is 4.83. The molecule has 9 nitrogen and oxygen atoms in total. The van der Waals surface area contributed by atoms with Gasteiger partial charge in [0.25, 0.3) is 0 Å². The molecule has 9 heteroatoms. The minimum absolute atomic E-state index is 0.0673. The van der Waals surface area contributed by atoms with Crippen LogP contribution in [0.1, 0.15) is 39.4 Å². The number of amides is 4. The third-order valence-electron chi connectivity index (χ3n) is 4.01. The first kappa shape index (κ1) is 19.7. The second kappa shape index (κ2) is 8.20. The molecule has 0 bridgehead atoms. The molecule has 0 radical (unpaired) electrons. The van der Waals surface area contributed by atoms with Crippen LogP contribution in [-0.2, 0) is 9.59 Å². The summed E-state index contributed by atoms with van der Waals surface area (Å²) in [6.07, 6.45) is 1.56. The normalized spacial score (nSPS) is 15.5. The highest BCUT2D eigenvalue weighted by Gasteiger charge is 2.26. The Balaban J connectivity index is 1.70. The minimum atomic E-state index is -0.778. The molecule has 1 aliphatic rings. The maximum Gasteiger partial charge on any atom is 0.317 e. The van der Waals surface area contributed by atoms with Gasteiger partial charge < -0.3 is 20.1 Å². The molecule has 0 unspecified atom stereocenters. The Morgan fingerprint density at radius 3 is 2.42 bits per heavy atom. The molecule has 26 heavy (non-hydrogen) atoms. The molecule has 1 fully saturated rings. The molecule has 0 atom stereocenters. The highest BCUT2D eigenvalue weighted by atomic mass is 16.5. The molecule has 1 aromatic heterocycles. The lowest BCUT2D eigenvalue weighted by molar-refractivity contribution is -0.136. The van der Waals surface area contributed by atoms with Gasteiger partial charge in [0.05, 0.1) is 0 Å². The molecular weight excluding hydrogens is 338 g/mol. The molecule has 2 rings (SSSR count). The maximum absolute atomic E-state index is 12.1. The van der Waals surface area contributed by atoms with Crippen LogP contribution in [0, 0.1) is 12.8 Å². The molecule has 4 amide bonds. The molecule has 1 aliphatic heterocycles. The Hall–Kier alpha value is -2.58. The zero-order chi connectivity index (χ0) is 19.3. The van der Waals surface area contributed by atoms with Crippen molar-refractivity contribution in [1.29, 1.82) is 0 Å². The quantitative estimate of drug-likeness (QED) is 0.697. The fourth-order valence-corrected chi connectivity index (χ4v) is 2.66. The minimum Gasteiger partial charge on any atom is -0.360 e. The second-order valence-electron chi connectivity index (χ2n) is 7.60. The van der Waals surface area contributed by atoms with Crippen LogP contribution in [0.4, 0.5) is 10.6 Å². The van der Waals surface area contributed by atoms with E-state index in [0.717, 1.165) is 12.8 Å². The third kappa shape index (κ3) is 6.05. The van der Waals surface area contributed by atoms with E-state index in [2.05, 4.69) is 21.1 Å². The number of carbonyl (C=O) groups is 3. The number of carbonyl (C=O) groups excluding carboxylic acids is 3. The smallest absolute Gasteiger partial charge is 0.317 e. The van der Waals surface area contributed by atoms with E-state index in [1.165, 1.54) is 6.07 Å². The Morgan fingerprint density at radius 1 is 1.23 bits per heavy atom. The molecule has 0 saturated carbocycles. The van der Waals surface area contributed by atoms with Gasteiger partial charge in [-0.1, -0.05) is 5.16 Å². The van der Waals surface area contributed by atoms with Crippen molar-refractivity contribution in [2.45, 2.75) is 46.1 Å². The number of nitrogens with one attached hydrogen (secondary N) is 3. The van der Waals surface area contributed by atoms with Crippen molar-refractivity contribution in [3.05, 3.63) is 11.8 Å². The number of aryl methyl sites for hydroxylation is 1. The lowest BCUT2D eigenvalue weighted by Gasteiger charge is -2.34. The van der Waals surface area contributed by atoms with Gasteiger partial charge >= 0.3 is 17.8 Å². The third-order valence-corrected chi connectivity index (χ3v) is 4.01. The van der Waals surface area contributed by atoms with Crippen LogP contribution in [-0.4, -0.2) is 53.1 Å². The summed E-state index contributed by atoms with van der Waals surface area (Å²) in [7, 11) is 0. The van der Waals surface area contributed by atoms with Crippen molar-refractivity contribution in [2.75, 3.05) is 25.0 Å². The van der Waals surface area contributed by atoms with Crippen LogP contribution in [0.5, 0.6) is 0 Å². The molecule has 3 N–H and O–H groups in total. The highest BCUT2D eigenvalue weighted by Crippen LogP contribution is 2.17. The van der Waals surface area contributed by atoms with E-state index in [0.29, 0.717) is 25.4 Å². The van der Waals surface area contributed by atoms with Crippen LogP contribution >= 0.6 is 0 Å². The average Bonchev–Trinajstić information content (AvgIpc) is 2.96. The lowest BCUT2D eigenvalue weighted by atomic mass is 9.97. The van der Waals surface area contributed by atoms with Gasteiger partial charge in [0, 0.05) is 31.2 Å². The average molecular weight is 365 g/mol. The van der Waals surface area contributed by atoms with E-state index in [9.17, 15) is 14.4 Å². The summed E-state index contributed by atoms with van der Waals surface area (Å²) in [6.45, 7) is 9.19. The molecule has 1 saturated heterocycles. The van der Waals surface area contributed by atoms with Crippen molar-refractivity contribution in [1.82, 2.24) is 20.7 Å². The summed E-state index contributed by atoms with van der Waals surface area (Å²) in [4.78, 5) is 37.6. The molecule has 0 aromatic carbocycles. The molecular formula is C17H27N5O4. The first-order valence-electron chi connectivity index (χ1n) is 8.73. The number of rotatable bonds is 3.